The van der Waals surface area contributed by atoms with Crippen molar-refractivity contribution in [1.82, 2.24) is 34.6 Å². The van der Waals surface area contributed by atoms with E-state index < -0.39 is 0 Å². The van der Waals surface area contributed by atoms with Gasteiger partial charge in [-0.2, -0.15) is 0 Å². The molecule has 10 heteroatoms. The zero-order valence-electron chi connectivity index (χ0n) is 32.7. The summed E-state index contributed by atoms with van der Waals surface area (Å²) in [5.41, 5.74) is 9.08. The quantitative estimate of drug-likeness (QED) is 0.150. The first-order chi connectivity index (χ1) is 27.3. The van der Waals surface area contributed by atoms with Crippen LogP contribution in [0.25, 0.3) is 28.0 Å². The predicted octanol–water partition coefficient (Wildman–Crippen LogP) is 7.58. The van der Waals surface area contributed by atoms with E-state index in [1.54, 1.807) is 0 Å². The Morgan fingerprint density at radius 2 is 1.21 bits per heavy atom. The van der Waals surface area contributed by atoms with Crippen molar-refractivity contribution in [2.24, 2.45) is 4.99 Å². The lowest BCUT2D eigenvalue weighted by atomic mass is 9.99. The SMILES string of the molecule is CN(C)[C@@H](C(=O)N1CCC[C@H]1C1=NC=C(c2ccc(-c3ccc(-c4cnc([C@@H]5CCCN5C(=O)[C@@H](c5ccccc5)N(C)C)[nH]4)cc3)cn2)C1)c1ccccc1. The highest BCUT2D eigenvalue weighted by molar-refractivity contribution is 6.03. The number of carbonyl (C=O) groups is 2. The molecule has 5 aromatic rings. The molecule has 0 spiro atoms. The molecule has 2 saturated heterocycles. The maximum atomic E-state index is 13.9. The molecule has 3 aromatic carbocycles. The van der Waals surface area contributed by atoms with Gasteiger partial charge in [0, 0.05) is 48.8 Å². The lowest BCUT2D eigenvalue weighted by molar-refractivity contribution is -0.137. The first kappa shape index (κ1) is 37.2. The third-order valence-electron chi connectivity index (χ3n) is 11.5. The molecule has 10 nitrogen and oxygen atoms in total. The van der Waals surface area contributed by atoms with Crippen LogP contribution < -0.4 is 0 Å². The molecule has 2 aromatic heterocycles. The summed E-state index contributed by atoms with van der Waals surface area (Å²) in [6.45, 7) is 1.46. The number of benzene rings is 3. The molecule has 2 amide bonds. The maximum Gasteiger partial charge on any atom is 0.245 e. The number of H-pyrrole nitrogens is 1. The monoisotopic (exact) mass is 746 g/mol. The highest BCUT2D eigenvalue weighted by atomic mass is 16.2. The van der Waals surface area contributed by atoms with E-state index in [1.807, 2.05) is 127 Å². The maximum absolute atomic E-state index is 13.9. The molecule has 286 valence electrons. The largest absolute Gasteiger partial charge is 0.340 e. The van der Waals surface area contributed by atoms with Gasteiger partial charge < -0.3 is 14.8 Å². The normalized spacial score (nSPS) is 19.4. The third kappa shape index (κ3) is 7.46. The number of aliphatic imine (C=N–C) groups is 1. The molecule has 1 N–H and O–H groups in total. The van der Waals surface area contributed by atoms with Crippen molar-refractivity contribution in [1.29, 1.82) is 0 Å². The molecule has 0 radical (unpaired) electrons. The van der Waals surface area contributed by atoms with Gasteiger partial charge >= 0.3 is 0 Å². The van der Waals surface area contributed by atoms with E-state index in [0.29, 0.717) is 6.42 Å². The molecule has 3 aliphatic heterocycles. The number of nitrogens with one attached hydrogen (secondary N) is 1. The number of likely N-dealkylation sites (N-methyl/N-ethyl adjacent to an activating group) is 2. The van der Waals surface area contributed by atoms with Crippen LogP contribution in [-0.4, -0.2) is 99.4 Å². The van der Waals surface area contributed by atoms with E-state index in [0.717, 1.165) is 95.1 Å². The fourth-order valence-electron chi connectivity index (χ4n) is 8.66. The summed E-state index contributed by atoms with van der Waals surface area (Å²) in [5.74, 6) is 1.06. The van der Waals surface area contributed by atoms with Crippen LogP contribution in [0.5, 0.6) is 0 Å². The lowest BCUT2D eigenvalue weighted by Gasteiger charge is -2.32. The van der Waals surface area contributed by atoms with Crippen LogP contribution in [0, 0.1) is 0 Å². The van der Waals surface area contributed by atoms with Crippen LogP contribution in [0.2, 0.25) is 0 Å². The Balaban J connectivity index is 0.901. The molecule has 0 bridgehead atoms. The average Bonchev–Trinajstić information content (AvgIpc) is 4.06. The first-order valence-electron chi connectivity index (χ1n) is 19.7. The van der Waals surface area contributed by atoms with Gasteiger partial charge in [0.1, 0.15) is 17.9 Å². The van der Waals surface area contributed by atoms with Gasteiger partial charge in [-0.1, -0.05) is 91.0 Å². The number of allylic oxidation sites excluding steroid dienone is 1. The van der Waals surface area contributed by atoms with Gasteiger partial charge in [-0.05, 0) is 82.2 Å². The highest BCUT2D eigenvalue weighted by Crippen LogP contribution is 2.36. The van der Waals surface area contributed by atoms with E-state index in [-0.39, 0.29) is 36.0 Å². The van der Waals surface area contributed by atoms with Crippen molar-refractivity contribution in [2.45, 2.75) is 56.3 Å². The van der Waals surface area contributed by atoms with E-state index in [4.69, 9.17) is 15.0 Å². The van der Waals surface area contributed by atoms with Crippen LogP contribution in [0.3, 0.4) is 0 Å². The Bertz CT molecular complexity index is 2210. The number of pyridine rings is 1. The van der Waals surface area contributed by atoms with Crippen molar-refractivity contribution >= 4 is 23.1 Å². The van der Waals surface area contributed by atoms with Gasteiger partial charge in [-0.3, -0.25) is 29.4 Å². The van der Waals surface area contributed by atoms with Gasteiger partial charge in [0.15, 0.2) is 0 Å². The van der Waals surface area contributed by atoms with Crippen molar-refractivity contribution in [3.8, 4) is 22.4 Å². The van der Waals surface area contributed by atoms with E-state index in [1.165, 1.54) is 0 Å². The highest BCUT2D eigenvalue weighted by Gasteiger charge is 2.39. The second-order valence-electron chi connectivity index (χ2n) is 15.6. The Kier molecular flexibility index (Phi) is 10.8. The molecule has 4 atom stereocenters. The summed E-state index contributed by atoms with van der Waals surface area (Å²) in [7, 11) is 7.85. The fourth-order valence-corrected chi connectivity index (χ4v) is 8.66. The minimum absolute atomic E-state index is 0.000755. The molecule has 3 aliphatic rings. The van der Waals surface area contributed by atoms with E-state index in [2.05, 4.69) is 41.4 Å². The van der Waals surface area contributed by atoms with Crippen LogP contribution >= 0.6 is 0 Å². The number of hydrogen-bond donors (Lipinski definition) is 1. The number of amides is 2. The van der Waals surface area contributed by atoms with Crippen LogP contribution in [0.4, 0.5) is 0 Å². The summed E-state index contributed by atoms with van der Waals surface area (Å²) in [6.07, 6.45) is 10.1. The zero-order chi connectivity index (χ0) is 38.8. The Labute approximate surface area is 329 Å². The summed E-state index contributed by atoms with van der Waals surface area (Å²) in [5, 5.41) is 0. The van der Waals surface area contributed by atoms with Crippen molar-refractivity contribution in [3.63, 3.8) is 0 Å². The van der Waals surface area contributed by atoms with Crippen molar-refractivity contribution in [3.05, 3.63) is 138 Å². The first-order valence-corrected chi connectivity index (χ1v) is 19.7. The number of likely N-dealkylation sites (tertiary alicyclic amines) is 2. The summed E-state index contributed by atoms with van der Waals surface area (Å²) >= 11 is 0. The molecule has 0 saturated carbocycles. The van der Waals surface area contributed by atoms with Crippen LogP contribution in [0.15, 0.2) is 121 Å². The molecule has 0 aliphatic carbocycles. The van der Waals surface area contributed by atoms with E-state index in [9.17, 15) is 9.59 Å². The fraction of sp³-hybridized carbons (Fsp3) is 0.326. The molecule has 5 heterocycles. The Hall–Kier alpha value is -5.71. The van der Waals surface area contributed by atoms with Gasteiger partial charge in [-0.15, -0.1) is 0 Å². The van der Waals surface area contributed by atoms with Crippen LogP contribution in [-0.2, 0) is 9.59 Å². The van der Waals surface area contributed by atoms with Gasteiger partial charge in [0.25, 0.3) is 0 Å². The van der Waals surface area contributed by atoms with Crippen LogP contribution in [0.1, 0.15) is 72.9 Å². The zero-order valence-corrected chi connectivity index (χ0v) is 32.7. The summed E-state index contributed by atoms with van der Waals surface area (Å²) in [4.78, 5) is 53.9. The molecular formula is C46H50N8O2. The standard InChI is InChI=1S/C46H50N8O2/c1-51(2)42(33-13-7-5-8-14-33)45(55)53-25-11-17-40(53)38-27-36(29-48-38)37-24-23-35(28-47-37)31-19-21-32(22-20-31)39-30-49-44(50-39)41-18-12-26-54(41)46(56)43(52(3)4)34-15-9-6-10-16-34/h5-10,13-16,19-24,28-30,40-43H,11-12,17-18,25-27H2,1-4H3,(H,49,50)/t40-,41-,42+,43+/m0/s1. The van der Waals surface area contributed by atoms with Gasteiger partial charge in [0.2, 0.25) is 11.8 Å². The number of nitrogens with zero attached hydrogens (tertiary/aromatic N) is 7. The second kappa shape index (κ2) is 16.2. The predicted molar refractivity (Wildman–Crippen MR) is 221 cm³/mol. The Morgan fingerprint density at radius 1 is 0.661 bits per heavy atom. The van der Waals surface area contributed by atoms with Gasteiger partial charge in [0.05, 0.1) is 29.7 Å². The number of hydrogen-bond acceptors (Lipinski definition) is 7. The number of aromatic nitrogens is 3. The lowest BCUT2D eigenvalue weighted by Crippen LogP contribution is -2.45. The number of imidazole rings is 1. The minimum atomic E-state index is -0.343. The topological polar surface area (TPSA) is 101 Å². The van der Waals surface area contributed by atoms with Crippen molar-refractivity contribution in [2.75, 3.05) is 41.3 Å². The number of rotatable bonds is 11. The second-order valence-corrected chi connectivity index (χ2v) is 15.6. The third-order valence-corrected chi connectivity index (χ3v) is 11.5. The number of aromatic amines is 1. The molecule has 8 rings (SSSR count). The summed E-state index contributed by atoms with van der Waals surface area (Å²) < 4.78 is 0. The Morgan fingerprint density at radius 3 is 1.79 bits per heavy atom. The number of carbonyl (C=O) groups excluding carboxylic acids is 2. The van der Waals surface area contributed by atoms with Crippen molar-refractivity contribution < 1.29 is 9.59 Å². The molecule has 56 heavy (non-hydrogen) atoms. The van der Waals surface area contributed by atoms with E-state index >= 15 is 0 Å². The average molecular weight is 747 g/mol. The molecular weight excluding hydrogens is 697 g/mol. The summed E-state index contributed by atoms with van der Waals surface area (Å²) in [6, 6.07) is 31.9. The minimum Gasteiger partial charge on any atom is -0.340 e. The molecule has 2 fully saturated rings. The smallest absolute Gasteiger partial charge is 0.245 e. The van der Waals surface area contributed by atoms with Gasteiger partial charge in [-0.25, -0.2) is 4.98 Å². The molecule has 0 unspecified atom stereocenters.